The quantitative estimate of drug-likeness (QED) is 0.501. The number of carbonyl (C=O) groups excluding carboxylic acids is 2. The molecule has 0 radical (unpaired) electrons. The number of ether oxygens (including phenoxy) is 1. The van der Waals surface area contributed by atoms with E-state index in [1.807, 2.05) is 49.3 Å². The first-order valence-corrected chi connectivity index (χ1v) is 13.2. The number of nitrogens with two attached hydrogens (primary N) is 1. The zero-order valence-corrected chi connectivity index (χ0v) is 21.7. The van der Waals surface area contributed by atoms with Crippen LogP contribution < -0.4 is 15.8 Å². The van der Waals surface area contributed by atoms with Gasteiger partial charge in [0.1, 0.15) is 17.5 Å². The highest BCUT2D eigenvalue weighted by Gasteiger charge is 2.52. The van der Waals surface area contributed by atoms with Gasteiger partial charge >= 0.3 is 0 Å². The van der Waals surface area contributed by atoms with Gasteiger partial charge in [-0.25, -0.2) is 0 Å². The van der Waals surface area contributed by atoms with Crippen molar-refractivity contribution in [1.82, 2.24) is 14.8 Å². The Hall–Kier alpha value is -2.52. The zero-order valence-electron chi connectivity index (χ0n) is 20.8. The van der Waals surface area contributed by atoms with Crippen molar-refractivity contribution in [3.05, 3.63) is 30.5 Å². The van der Waals surface area contributed by atoms with E-state index in [-0.39, 0.29) is 24.4 Å². The maximum atomic E-state index is 13.3. The van der Waals surface area contributed by atoms with Crippen LogP contribution in [0.2, 0.25) is 0 Å². The van der Waals surface area contributed by atoms with Gasteiger partial charge < -0.3 is 25.6 Å². The van der Waals surface area contributed by atoms with Gasteiger partial charge in [-0.1, -0.05) is 6.07 Å². The van der Waals surface area contributed by atoms with Crippen molar-refractivity contribution in [2.45, 2.75) is 57.8 Å². The fourth-order valence-corrected chi connectivity index (χ4v) is 5.26. The fourth-order valence-electron chi connectivity index (χ4n) is 4.80. The number of hydrogen-bond acceptors (Lipinski definition) is 7. The van der Waals surface area contributed by atoms with Crippen LogP contribution in [0.3, 0.4) is 0 Å². The van der Waals surface area contributed by atoms with Crippen molar-refractivity contribution in [2.75, 3.05) is 37.5 Å². The second-order valence-electron chi connectivity index (χ2n) is 9.19. The average Bonchev–Trinajstić information content (AvgIpc) is 3.01. The number of methoxy groups -OCH3 is 1. The van der Waals surface area contributed by atoms with E-state index in [1.165, 1.54) is 0 Å². The Morgan fingerprint density at radius 1 is 1.38 bits per heavy atom. The Morgan fingerprint density at radius 3 is 2.82 bits per heavy atom. The smallest absolute Gasteiger partial charge is 0.247 e. The van der Waals surface area contributed by atoms with E-state index in [1.54, 1.807) is 30.0 Å². The van der Waals surface area contributed by atoms with Crippen LogP contribution in [0.4, 0.5) is 5.69 Å². The lowest BCUT2D eigenvalue weighted by atomic mass is 10.1. The third kappa shape index (κ3) is 5.41. The molecule has 0 spiro atoms. The molecule has 2 amide bonds. The lowest BCUT2D eigenvalue weighted by molar-refractivity contribution is -0.138. The SMILES string of the molecule is COc1cc(NC(C)CCCN2C(=O)[C@H](CCSC)N(C(=O)CN)C2(C)C)c2ncccc2c1. The van der Waals surface area contributed by atoms with Crippen LogP contribution in [0.25, 0.3) is 10.9 Å². The van der Waals surface area contributed by atoms with Gasteiger partial charge in [-0.2, -0.15) is 11.8 Å². The minimum Gasteiger partial charge on any atom is -0.497 e. The first-order chi connectivity index (χ1) is 16.2. The number of anilines is 1. The predicted octanol–water partition coefficient (Wildman–Crippen LogP) is 3.31. The molecule has 1 unspecified atom stereocenters. The minimum absolute atomic E-state index is 0.0180. The van der Waals surface area contributed by atoms with Crippen LogP contribution >= 0.6 is 11.8 Å². The summed E-state index contributed by atoms with van der Waals surface area (Å²) in [6, 6.07) is 7.58. The summed E-state index contributed by atoms with van der Waals surface area (Å²) < 4.78 is 5.45. The number of nitrogens with one attached hydrogen (secondary N) is 1. The third-order valence-corrected chi connectivity index (χ3v) is 7.13. The monoisotopic (exact) mass is 487 g/mol. The molecule has 1 aliphatic rings. The Kier molecular flexibility index (Phi) is 8.65. The van der Waals surface area contributed by atoms with E-state index in [0.717, 1.165) is 40.9 Å². The first-order valence-electron chi connectivity index (χ1n) is 11.8. The van der Waals surface area contributed by atoms with Crippen molar-refractivity contribution < 1.29 is 14.3 Å². The molecular weight excluding hydrogens is 450 g/mol. The molecule has 1 saturated heterocycles. The summed E-state index contributed by atoms with van der Waals surface area (Å²) in [6.07, 6.45) is 6.09. The molecule has 1 aliphatic heterocycles. The van der Waals surface area contributed by atoms with Crippen molar-refractivity contribution in [2.24, 2.45) is 5.73 Å². The molecule has 0 bridgehead atoms. The van der Waals surface area contributed by atoms with Crippen LogP contribution in [0.5, 0.6) is 5.75 Å². The Morgan fingerprint density at radius 2 is 2.15 bits per heavy atom. The van der Waals surface area contributed by atoms with Gasteiger partial charge in [0.2, 0.25) is 11.8 Å². The first kappa shape index (κ1) is 26.1. The van der Waals surface area contributed by atoms with Gasteiger partial charge in [0.05, 0.1) is 24.9 Å². The average molecular weight is 488 g/mol. The van der Waals surface area contributed by atoms with Gasteiger partial charge in [0, 0.05) is 30.2 Å². The normalized spacial score (nSPS) is 18.4. The summed E-state index contributed by atoms with van der Waals surface area (Å²) in [5.41, 5.74) is 6.81. The molecule has 1 aromatic heterocycles. The number of aromatic nitrogens is 1. The topological polar surface area (TPSA) is 101 Å². The second-order valence-corrected chi connectivity index (χ2v) is 10.2. The van der Waals surface area contributed by atoms with Crippen LogP contribution in [-0.2, 0) is 9.59 Å². The summed E-state index contributed by atoms with van der Waals surface area (Å²) in [5, 5.41) is 4.58. The van der Waals surface area contributed by atoms with E-state index in [9.17, 15) is 9.59 Å². The van der Waals surface area contributed by atoms with Crippen LogP contribution in [0, 0.1) is 0 Å². The second kappa shape index (κ2) is 11.3. The highest BCUT2D eigenvalue weighted by molar-refractivity contribution is 7.98. The van der Waals surface area contributed by atoms with E-state index in [4.69, 9.17) is 10.5 Å². The molecular formula is C25H37N5O3S. The molecule has 186 valence electrons. The zero-order chi connectivity index (χ0) is 24.9. The minimum atomic E-state index is -0.694. The summed E-state index contributed by atoms with van der Waals surface area (Å²) >= 11 is 1.68. The van der Waals surface area contributed by atoms with Crippen LogP contribution in [-0.4, -0.2) is 76.6 Å². The number of fused-ring (bicyclic) bond motifs is 1. The van der Waals surface area contributed by atoms with Crippen molar-refractivity contribution >= 4 is 40.2 Å². The van der Waals surface area contributed by atoms with Gasteiger partial charge in [-0.15, -0.1) is 0 Å². The number of rotatable bonds is 11. The van der Waals surface area contributed by atoms with Crippen LogP contribution in [0.15, 0.2) is 30.5 Å². The lowest BCUT2D eigenvalue weighted by Gasteiger charge is -2.38. The molecule has 8 nitrogen and oxygen atoms in total. The number of nitrogens with zero attached hydrogens (tertiary/aromatic N) is 3. The summed E-state index contributed by atoms with van der Waals surface area (Å²) in [4.78, 5) is 34.0. The highest BCUT2D eigenvalue weighted by Crippen LogP contribution is 2.34. The van der Waals surface area contributed by atoms with E-state index in [2.05, 4.69) is 17.2 Å². The molecule has 34 heavy (non-hydrogen) atoms. The van der Waals surface area contributed by atoms with Gasteiger partial charge in [-0.3, -0.25) is 14.6 Å². The highest BCUT2D eigenvalue weighted by atomic mass is 32.2. The maximum Gasteiger partial charge on any atom is 0.247 e. The van der Waals surface area contributed by atoms with Crippen molar-refractivity contribution in [3.63, 3.8) is 0 Å². The molecule has 0 saturated carbocycles. The number of carbonyl (C=O) groups is 2. The van der Waals surface area contributed by atoms with Crippen LogP contribution in [0.1, 0.15) is 40.0 Å². The standard InChI is InChI=1S/C25H37N5O3S/c1-17(28-20-15-19(33-4)14-18-9-6-11-27-23(18)20)8-7-12-29-24(32)21(10-13-34-5)30(22(31)16-26)25(29,2)3/h6,9,11,14-15,17,21,28H,7-8,10,12-13,16,26H2,1-5H3/t17?,21-/m0/s1. The maximum absolute atomic E-state index is 13.3. The molecule has 2 heterocycles. The summed E-state index contributed by atoms with van der Waals surface area (Å²) in [5.74, 6) is 1.43. The molecule has 0 aliphatic carbocycles. The van der Waals surface area contributed by atoms with Gasteiger partial charge in [0.25, 0.3) is 0 Å². The Labute approximate surface area is 206 Å². The fraction of sp³-hybridized carbons (Fsp3) is 0.560. The van der Waals surface area contributed by atoms with Crippen molar-refractivity contribution in [1.29, 1.82) is 0 Å². The number of benzene rings is 1. The summed E-state index contributed by atoms with van der Waals surface area (Å²) in [6.45, 7) is 6.49. The Balaban J connectivity index is 1.67. The number of amides is 2. The molecule has 9 heteroatoms. The molecule has 2 atom stereocenters. The number of pyridine rings is 1. The van der Waals surface area contributed by atoms with E-state index < -0.39 is 11.7 Å². The van der Waals surface area contributed by atoms with Gasteiger partial charge in [-0.05, 0) is 64.2 Å². The number of hydrogen-bond donors (Lipinski definition) is 2. The molecule has 3 rings (SSSR count). The van der Waals surface area contributed by atoms with Crippen molar-refractivity contribution in [3.8, 4) is 5.75 Å². The largest absolute Gasteiger partial charge is 0.497 e. The predicted molar refractivity (Wildman–Crippen MR) is 139 cm³/mol. The molecule has 3 N–H and O–H groups in total. The lowest BCUT2D eigenvalue weighted by Crippen LogP contribution is -2.54. The van der Waals surface area contributed by atoms with E-state index in [0.29, 0.717) is 13.0 Å². The molecule has 1 fully saturated rings. The summed E-state index contributed by atoms with van der Waals surface area (Å²) in [7, 11) is 1.66. The Bertz CT molecular complexity index is 1020. The number of thioether (sulfide) groups is 1. The third-order valence-electron chi connectivity index (χ3n) is 6.49. The van der Waals surface area contributed by atoms with Gasteiger partial charge in [0.15, 0.2) is 0 Å². The van der Waals surface area contributed by atoms with E-state index >= 15 is 0 Å². The molecule has 1 aromatic carbocycles. The molecule has 2 aromatic rings.